The van der Waals surface area contributed by atoms with Gasteiger partial charge in [-0.3, -0.25) is 4.79 Å². The van der Waals surface area contributed by atoms with Gasteiger partial charge in [0.25, 0.3) is 5.91 Å². The molecule has 4 nitrogen and oxygen atoms in total. The molecule has 1 heterocycles. The minimum absolute atomic E-state index is 0.00713. The molecule has 3 N–H and O–H groups in total. The first-order valence-electron chi connectivity index (χ1n) is 6.25. The van der Waals surface area contributed by atoms with Crippen LogP contribution in [0.4, 0.5) is 5.69 Å². The summed E-state index contributed by atoms with van der Waals surface area (Å²) in [5, 5.41) is 3.06. The largest absolute Gasteiger partial charge is 0.397 e. The van der Waals surface area contributed by atoms with E-state index in [1.165, 1.54) is 0 Å². The Morgan fingerprint density at radius 3 is 2.71 bits per heavy atom. The summed E-state index contributed by atoms with van der Waals surface area (Å²) in [5.41, 5.74) is 7.06. The molecule has 0 unspecified atom stereocenters. The first-order chi connectivity index (χ1) is 7.97. The average molecular weight is 235 g/mol. The van der Waals surface area contributed by atoms with E-state index in [1.54, 1.807) is 6.07 Å². The van der Waals surface area contributed by atoms with Crippen LogP contribution in [0.25, 0.3) is 0 Å². The molecule has 0 aliphatic heterocycles. The van der Waals surface area contributed by atoms with E-state index in [-0.39, 0.29) is 11.9 Å². The molecule has 94 valence electrons. The van der Waals surface area contributed by atoms with Crippen molar-refractivity contribution in [2.45, 2.75) is 45.7 Å². The molecule has 17 heavy (non-hydrogen) atoms. The standard InChI is InChI=1S/C13H21N3O/c1-8(2)16-7-10(14)6-12(16)13(17)15-11-4-9(3)5-11/h6-9,11H,4-5,14H2,1-3H3,(H,15,17). The molecule has 1 aromatic rings. The quantitative estimate of drug-likeness (QED) is 0.843. The highest BCUT2D eigenvalue weighted by molar-refractivity contribution is 5.94. The molecule has 0 bridgehead atoms. The van der Waals surface area contributed by atoms with Crippen LogP contribution in [0.1, 0.15) is 50.1 Å². The number of amides is 1. The summed E-state index contributed by atoms with van der Waals surface area (Å²) in [6, 6.07) is 2.33. The summed E-state index contributed by atoms with van der Waals surface area (Å²) in [6.07, 6.45) is 4.00. The van der Waals surface area contributed by atoms with Gasteiger partial charge in [0.1, 0.15) is 5.69 Å². The fourth-order valence-electron chi connectivity index (χ4n) is 2.39. The first-order valence-corrected chi connectivity index (χ1v) is 6.25. The Kier molecular flexibility index (Phi) is 3.13. The molecule has 1 aliphatic rings. The summed E-state index contributed by atoms with van der Waals surface area (Å²) < 4.78 is 1.92. The van der Waals surface area contributed by atoms with Gasteiger partial charge in [0, 0.05) is 18.3 Å². The Labute approximate surface area is 102 Å². The third kappa shape index (κ3) is 2.46. The number of hydrogen-bond donors (Lipinski definition) is 2. The zero-order valence-electron chi connectivity index (χ0n) is 10.7. The van der Waals surface area contributed by atoms with Crippen molar-refractivity contribution in [3.63, 3.8) is 0 Å². The number of carbonyl (C=O) groups excluding carboxylic acids is 1. The van der Waals surface area contributed by atoms with E-state index < -0.39 is 0 Å². The molecule has 0 atom stereocenters. The van der Waals surface area contributed by atoms with Crippen molar-refractivity contribution >= 4 is 11.6 Å². The molecule has 0 saturated heterocycles. The lowest BCUT2D eigenvalue weighted by atomic mass is 9.82. The van der Waals surface area contributed by atoms with Crippen molar-refractivity contribution in [3.8, 4) is 0 Å². The molecule has 0 aromatic carbocycles. The van der Waals surface area contributed by atoms with Crippen LogP contribution in [0.5, 0.6) is 0 Å². The van der Waals surface area contributed by atoms with E-state index in [1.807, 2.05) is 24.6 Å². The van der Waals surface area contributed by atoms with Crippen LogP contribution in [0.15, 0.2) is 12.3 Å². The predicted octanol–water partition coefficient (Wildman–Crippen LogP) is 2.18. The second-order valence-electron chi connectivity index (χ2n) is 5.41. The lowest BCUT2D eigenvalue weighted by Gasteiger charge is -2.33. The van der Waals surface area contributed by atoms with Crippen LogP contribution in [0.2, 0.25) is 0 Å². The number of rotatable bonds is 3. The molecule has 1 aromatic heterocycles. The predicted molar refractivity (Wildman–Crippen MR) is 68.9 cm³/mol. The van der Waals surface area contributed by atoms with Crippen LogP contribution in [-0.4, -0.2) is 16.5 Å². The maximum atomic E-state index is 12.1. The first kappa shape index (κ1) is 12.0. The highest BCUT2D eigenvalue weighted by Crippen LogP contribution is 2.27. The van der Waals surface area contributed by atoms with E-state index in [0.717, 1.165) is 18.8 Å². The van der Waals surface area contributed by atoms with Gasteiger partial charge in [0.2, 0.25) is 0 Å². The van der Waals surface area contributed by atoms with Crippen molar-refractivity contribution in [1.82, 2.24) is 9.88 Å². The van der Waals surface area contributed by atoms with Gasteiger partial charge in [0.15, 0.2) is 0 Å². The SMILES string of the molecule is CC1CC(NC(=O)c2cc(N)cn2C(C)C)C1. The second-order valence-corrected chi connectivity index (χ2v) is 5.41. The van der Waals surface area contributed by atoms with Gasteiger partial charge in [-0.05, 0) is 38.7 Å². The lowest BCUT2D eigenvalue weighted by Crippen LogP contribution is -2.44. The summed E-state index contributed by atoms with van der Waals surface area (Å²) in [4.78, 5) is 12.1. The molecule has 1 aliphatic carbocycles. The Bertz CT molecular complexity index is 416. The molecule has 2 rings (SSSR count). The molecule has 0 radical (unpaired) electrons. The summed E-state index contributed by atoms with van der Waals surface area (Å²) in [6.45, 7) is 6.29. The monoisotopic (exact) mass is 235 g/mol. The number of nitrogens with one attached hydrogen (secondary N) is 1. The highest BCUT2D eigenvalue weighted by Gasteiger charge is 2.27. The summed E-state index contributed by atoms with van der Waals surface area (Å²) >= 11 is 0. The van der Waals surface area contributed by atoms with E-state index in [9.17, 15) is 4.79 Å². The smallest absolute Gasteiger partial charge is 0.268 e. The number of nitrogens with two attached hydrogens (primary N) is 1. The molecule has 1 fully saturated rings. The van der Waals surface area contributed by atoms with Gasteiger partial charge < -0.3 is 15.6 Å². The number of nitrogens with zero attached hydrogens (tertiary/aromatic N) is 1. The van der Waals surface area contributed by atoms with Gasteiger partial charge in [-0.25, -0.2) is 0 Å². The Hall–Kier alpha value is -1.45. The molecule has 1 amide bonds. The topological polar surface area (TPSA) is 60.1 Å². The number of aromatic nitrogens is 1. The van der Waals surface area contributed by atoms with E-state index in [0.29, 0.717) is 17.4 Å². The summed E-state index contributed by atoms with van der Waals surface area (Å²) in [5.74, 6) is 0.731. The molecular weight excluding hydrogens is 214 g/mol. The highest BCUT2D eigenvalue weighted by atomic mass is 16.2. The van der Waals surface area contributed by atoms with E-state index in [2.05, 4.69) is 12.2 Å². The molecule has 1 saturated carbocycles. The number of nitrogen functional groups attached to an aromatic ring is 1. The minimum Gasteiger partial charge on any atom is -0.397 e. The number of anilines is 1. The third-order valence-corrected chi connectivity index (χ3v) is 3.37. The summed E-state index contributed by atoms with van der Waals surface area (Å²) in [7, 11) is 0. The zero-order chi connectivity index (χ0) is 12.6. The maximum Gasteiger partial charge on any atom is 0.268 e. The fourth-order valence-corrected chi connectivity index (χ4v) is 2.39. The van der Waals surface area contributed by atoms with Crippen molar-refractivity contribution < 1.29 is 4.79 Å². The van der Waals surface area contributed by atoms with Gasteiger partial charge in [-0.15, -0.1) is 0 Å². The Morgan fingerprint density at radius 1 is 1.53 bits per heavy atom. The third-order valence-electron chi connectivity index (χ3n) is 3.37. The molecular formula is C13H21N3O. The van der Waals surface area contributed by atoms with Crippen molar-refractivity contribution in [1.29, 1.82) is 0 Å². The van der Waals surface area contributed by atoms with Crippen molar-refractivity contribution in [2.75, 3.05) is 5.73 Å². The van der Waals surface area contributed by atoms with Crippen LogP contribution >= 0.6 is 0 Å². The Balaban J connectivity index is 2.08. The van der Waals surface area contributed by atoms with Crippen LogP contribution in [0, 0.1) is 5.92 Å². The van der Waals surface area contributed by atoms with Crippen molar-refractivity contribution in [2.24, 2.45) is 5.92 Å². The molecule has 0 spiro atoms. The van der Waals surface area contributed by atoms with E-state index in [4.69, 9.17) is 5.73 Å². The number of carbonyl (C=O) groups is 1. The average Bonchev–Trinajstić information content (AvgIpc) is 2.58. The maximum absolute atomic E-state index is 12.1. The van der Waals surface area contributed by atoms with Crippen LogP contribution in [0.3, 0.4) is 0 Å². The zero-order valence-corrected chi connectivity index (χ0v) is 10.7. The van der Waals surface area contributed by atoms with Gasteiger partial charge >= 0.3 is 0 Å². The molecule has 4 heteroatoms. The van der Waals surface area contributed by atoms with Crippen LogP contribution in [-0.2, 0) is 0 Å². The fraction of sp³-hybridized carbons (Fsp3) is 0.615. The Morgan fingerprint density at radius 2 is 2.18 bits per heavy atom. The minimum atomic E-state index is -0.00713. The van der Waals surface area contributed by atoms with Gasteiger partial charge in [0.05, 0.1) is 5.69 Å². The van der Waals surface area contributed by atoms with E-state index >= 15 is 0 Å². The second kappa shape index (κ2) is 4.43. The lowest BCUT2D eigenvalue weighted by molar-refractivity contribution is 0.0885. The van der Waals surface area contributed by atoms with Crippen LogP contribution < -0.4 is 11.1 Å². The van der Waals surface area contributed by atoms with Crippen molar-refractivity contribution in [3.05, 3.63) is 18.0 Å². The number of hydrogen-bond acceptors (Lipinski definition) is 2. The van der Waals surface area contributed by atoms with Gasteiger partial charge in [-0.2, -0.15) is 0 Å². The van der Waals surface area contributed by atoms with Gasteiger partial charge in [-0.1, -0.05) is 6.92 Å². The normalized spacial score (nSPS) is 23.5.